The molecule has 3 aromatic carbocycles. The summed E-state index contributed by atoms with van der Waals surface area (Å²) in [5.41, 5.74) is -0.411. The molecule has 2 atom stereocenters. The fourth-order valence-electron chi connectivity index (χ4n) is 5.66. The third-order valence-electron chi connectivity index (χ3n) is 7.60. The topological polar surface area (TPSA) is 148 Å². The van der Waals surface area contributed by atoms with Gasteiger partial charge in [0.1, 0.15) is 5.54 Å². The Morgan fingerprint density at radius 2 is 1.78 bits per heavy atom. The number of urea groups is 1. The molecule has 5 rings (SSSR count). The number of likely N-dealkylation sites (N-methyl/N-ethyl adjacent to an activating group) is 1. The van der Waals surface area contributed by atoms with Gasteiger partial charge in [-0.25, -0.2) is 14.5 Å². The molecule has 0 aromatic heterocycles. The molecular weight excluding hydrogens is 573 g/mol. The van der Waals surface area contributed by atoms with Gasteiger partial charge >= 0.3 is 12.0 Å². The molecule has 3 aromatic rings. The molecule has 2 fully saturated rings. The number of aromatic carboxylic acids is 1. The molecule has 0 radical (unpaired) electrons. The molecule has 2 heterocycles. The van der Waals surface area contributed by atoms with E-state index in [0.717, 1.165) is 11.0 Å². The van der Waals surface area contributed by atoms with E-state index in [1.165, 1.54) is 42.3 Å². The van der Waals surface area contributed by atoms with Crippen molar-refractivity contribution in [2.24, 2.45) is 0 Å². The largest absolute Gasteiger partial charge is 0.478 e. The van der Waals surface area contributed by atoms with Crippen LogP contribution in [0.1, 0.15) is 33.0 Å². The number of carbonyl (C=O) groups excluding carboxylic acids is 2. The van der Waals surface area contributed by atoms with Gasteiger partial charge in [-0.2, -0.15) is 5.26 Å². The van der Waals surface area contributed by atoms with E-state index in [2.05, 4.69) is 6.07 Å². The Morgan fingerprint density at radius 3 is 2.37 bits per heavy atom. The first kappa shape index (κ1) is 28.0. The number of anilines is 1. The van der Waals surface area contributed by atoms with Gasteiger partial charge in [-0.3, -0.25) is 19.8 Å². The zero-order valence-electron chi connectivity index (χ0n) is 21.5. The summed E-state index contributed by atoms with van der Waals surface area (Å²) >= 11 is 12.4. The number of nitriles is 1. The van der Waals surface area contributed by atoms with Gasteiger partial charge in [-0.15, -0.1) is 0 Å². The average molecular weight is 594 g/mol. The number of nitro groups is 1. The van der Waals surface area contributed by atoms with Crippen molar-refractivity contribution in [2.45, 2.75) is 18.0 Å². The predicted molar refractivity (Wildman–Crippen MR) is 149 cm³/mol. The Hall–Kier alpha value is -4.50. The standard InChI is InChI=1S/C28H21Cl2N5O6/c1-32-27(39)34(22-10-20(29)9-21(30)11-22)26(38)28(32)15-33(14-23(28)17-4-2-16(12-31)3-5-17)13-19-7-6-18(25(36)37)8-24(19)35(40)41/h2-11,23H,13-15H2,1H3,(H,36,37)/t23-,28+/m0/s1. The fourth-order valence-corrected chi connectivity index (χ4v) is 6.17. The van der Waals surface area contributed by atoms with Crippen molar-refractivity contribution in [2.75, 3.05) is 25.0 Å². The number of halogens is 2. The van der Waals surface area contributed by atoms with Crippen LogP contribution in [0.2, 0.25) is 10.0 Å². The average Bonchev–Trinajstić information content (AvgIpc) is 3.39. The Bertz CT molecular complexity index is 1640. The maximum atomic E-state index is 14.3. The SMILES string of the molecule is CN1C(=O)N(c2cc(Cl)cc(Cl)c2)C(=O)[C@]12CN(Cc1ccc(C(=O)O)cc1[N+](=O)[O-])C[C@H]2c1ccc(C#N)cc1. The summed E-state index contributed by atoms with van der Waals surface area (Å²) in [7, 11) is 1.52. The molecule has 2 saturated heterocycles. The molecule has 13 heteroatoms. The second-order valence-electron chi connectivity index (χ2n) is 9.90. The monoisotopic (exact) mass is 593 g/mol. The smallest absolute Gasteiger partial charge is 0.335 e. The van der Waals surface area contributed by atoms with Gasteiger partial charge in [0, 0.05) is 54.3 Å². The van der Waals surface area contributed by atoms with E-state index in [-0.39, 0.29) is 52.2 Å². The van der Waals surface area contributed by atoms with Crippen molar-refractivity contribution in [1.29, 1.82) is 5.26 Å². The molecule has 1 N–H and O–H groups in total. The van der Waals surface area contributed by atoms with Crippen LogP contribution < -0.4 is 4.90 Å². The maximum absolute atomic E-state index is 14.3. The van der Waals surface area contributed by atoms with Crippen molar-refractivity contribution >= 4 is 52.5 Å². The van der Waals surface area contributed by atoms with Gasteiger partial charge in [0.05, 0.1) is 27.8 Å². The van der Waals surface area contributed by atoms with E-state index in [1.54, 1.807) is 24.3 Å². The lowest BCUT2D eigenvalue weighted by Crippen LogP contribution is -2.53. The molecule has 3 amide bonds. The number of rotatable bonds is 6. The molecule has 0 unspecified atom stereocenters. The minimum absolute atomic E-state index is 0.0169. The molecule has 0 aliphatic carbocycles. The Balaban J connectivity index is 1.59. The fraction of sp³-hybridized carbons (Fsp3) is 0.214. The number of carboxylic acids is 1. The number of amides is 3. The number of carboxylic acid groups (broad SMARTS) is 1. The number of likely N-dealkylation sites (tertiary alicyclic amines) is 1. The lowest BCUT2D eigenvalue weighted by Gasteiger charge is -2.34. The second-order valence-corrected chi connectivity index (χ2v) is 10.8. The first-order valence-corrected chi connectivity index (χ1v) is 13.0. The van der Waals surface area contributed by atoms with Gasteiger partial charge in [-0.1, -0.05) is 41.4 Å². The summed E-state index contributed by atoms with van der Waals surface area (Å²) in [5, 5.41) is 30.8. The molecule has 0 bridgehead atoms. The van der Waals surface area contributed by atoms with Crippen molar-refractivity contribution < 1.29 is 24.4 Å². The van der Waals surface area contributed by atoms with Crippen molar-refractivity contribution in [1.82, 2.24) is 9.80 Å². The molecule has 41 heavy (non-hydrogen) atoms. The lowest BCUT2D eigenvalue weighted by atomic mass is 9.80. The van der Waals surface area contributed by atoms with E-state index < -0.39 is 34.3 Å². The molecule has 208 valence electrons. The molecule has 11 nitrogen and oxygen atoms in total. The van der Waals surface area contributed by atoms with Crippen LogP contribution in [0.3, 0.4) is 0 Å². The summed E-state index contributed by atoms with van der Waals surface area (Å²) in [6.45, 7) is 0.279. The second kappa shape index (κ2) is 10.5. The third kappa shape index (κ3) is 4.76. The predicted octanol–water partition coefficient (Wildman–Crippen LogP) is 4.91. The van der Waals surface area contributed by atoms with Gasteiger partial charge in [0.2, 0.25) is 0 Å². The number of carbonyl (C=O) groups is 3. The highest BCUT2D eigenvalue weighted by Gasteiger charge is 2.64. The van der Waals surface area contributed by atoms with Crippen LogP contribution in [-0.4, -0.2) is 63.4 Å². The van der Waals surface area contributed by atoms with Crippen molar-refractivity contribution in [3.05, 3.63) is 103 Å². The van der Waals surface area contributed by atoms with Crippen LogP contribution in [0.25, 0.3) is 0 Å². The number of hydrogen-bond donors (Lipinski definition) is 1. The number of nitrogens with zero attached hydrogens (tertiary/aromatic N) is 5. The molecule has 1 spiro atoms. The van der Waals surface area contributed by atoms with Crippen LogP contribution in [-0.2, 0) is 11.3 Å². The highest BCUT2D eigenvalue weighted by Crippen LogP contribution is 2.47. The van der Waals surface area contributed by atoms with Crippen LogP contribution in [0, 0.1) is 21.4 Å². The van der Waals surface area contributed by atoms with Crippen LogP contribution in [0.4, 0.5) is 16.2 Å². The highest BCUT2D eigenvalue weighted by atomic mass is 35.5. The van der Waals surface area contributed by atoms with E-state index in [4.69, 9.17) is 23.2 Å². The summed E-state index contributed by atoms with van der Waals surface area (Å²) in [5.74, 6) is -2.39. The minimum Gasteiger partial charge on any atom is -0.478 e. The lowest BCUT2D eigenvalue weighted by molar-refractivity contribution is -0.385. The van der Waals surface area contributed by atoms with Crippen LogP contribution in [0.15, 0.2) is 60.7 Å². The molecular formula is C28H21Cl2N5O6. The Morgan fingerprint density at radius 1 is 1.12 bits per heavy atom. The van der Waals surface area contributed by atoms with Crippen molar-refractivity contribution in [3.8, 4) is 6.07 Å². The maximum Gasteiger partial charge on any atom is 0.335 e. The van der Waals surface area contributed by atoms with E-state index in [1.807, 2.05) is 4.90 Å². The molecule has 2 aliphatic rings. The van der Waals surface area contributed by atoms with Gasteiger partial charge in [0.15, 0.2) is 0 Å². The van der Waals surface area contributed by atoms with Gasteiger partial charge in [0.25, 0.3) is 11.6 Å². The van der Waals surface area contributed by atoms with Crippen LogP contribution in [0.5, 0.6) is 0 Å². The summed E-state index contributed by atoms with van der Waals surface area (Å²) in [6.07, 6.45) is 0. The van der Waals surface area contributed by atoms with E-state index >= 15 is 0 Å². The number of nitro benzene ring substituents is 1. The summed E-state index contributed by atoms with van der Waals surface area (Å²) in [4.78, 5) is 54.7. The molecule has 0 saturated carbocycles. The summed E-state index contributed by atoms with van der Waals surface area (Å²) < 4.78 is 0. The quantitative estimate of drug-likeness (QED) is 0.241. The third-order valence-corrected chi connectivity index (χ3v) is 8.04. The minimum atomic E-state index is -1.41. The molecule has 2 aliphatic heterocycles. The number of imide groups is 1. The normalized spacial score (nSPS) is 20.6. The number of benzene rings is 3. The number of hydrogen-bond acceptors (Lipinski definition) is 7. The highest BCUT2D eigenvalue weighted by molar-refractivity contribution is 6.35. The first-order chi connectivity index (χ1) is 19.5. The van der Waals surface area contributed by atoms with Crippen LogP contribution >= 0.6 is 23.2 Å². The van der Waals surface area contributed by atoms with Gasteiger partial charge in [-0.05, 0) is 42.0 Å². The summed E-state index contributed by atoms with van der Waals surface area (Å²) in [6, 6.07) is 16.2. The van der Waals surface area contributed by atoms with Gasteiger partial charge < -0.3 is 10.0 Å². The Kier molecular flexibility index (Phi) is 7.17. The first-order valence-electron chi connectivity index (χ1n) is 12.3. The zero-order chi connectivity index (χ0) is 29.6. The Labute approximate surface area is 243 Å². The van der Waals surface area contributed by atoms with E-state index in [9.17, 15) is 34.9 Å². The zero-order valence-corrected chi connectivity index (χ0v) is 23.0. The van der Waals surface area contributed by atoms with Crippen molar-refractivity contribution in [3.63, 3.8) is 0 Å². The van der Waals surface area contributed by atoms with E-state index in [0.29, 0.717) is 11.1 Å².